The number of rotatable bonds is 5. The first-order chi connectivity index (χ1) is 8.69. The molecule has 1 N–H and O–H groups in total. The average Bonchev–Trinajstić information content (AvgIpc) is 2.65. The molecule has 2 amide bonds. The third-order valence-corrected chi connectivity index (χ3v) is 3.77. The zero-order chi connectivity index (χ0) is 13.1. The summed E-state index contributed by atoms with van der Waals surface area (Å²) in [5, 5.41) is 2.79. The zero-order valence-electron chi connectivity index (χ0n) is 9.75. The minimum Gasteiger partial charge on any atom is -0.310 e. The topological polar surface area (TPSA) is 66.5 Å². The number of benzene rings is 1. The Hall–Kier alpha value is -1.66. The summed E-state index contributed by atoms with van der Waals surface area (Å²) in [5.74, 6) is -0.298. The van der Waals surface area contributed by atoms with Crippen molar-refractivity contribution >= 4 is 30.0 Å². The van der Waals surface area contributed by atoms with Crippen LogP contribution in [0.5, 0.6) is 0 Å². The highest BCUT2D eigenvalue weighted by molar-refractivity contribution is 7.98. The second-order valence-electron chi connectivity index (χ2n) is 3.78. The van der Waals surface area contributed by atoms with Crippen LogP contribution >= 0.6 is 11.9 Å². The highest BCUT2D eigenvalue weighted by atomic mass is 32.2. The molecular formula is C12H12N2O3S. The summed E-state index contributed by atoms with van der Waals surface area (Å²) < 4.78 is 1.11. The van der Waals surface area contributed by atoms with Gasteiger partial charge in [0, 0.05) is 5.75 Å². The first-order valence-electron chi connectivity index (χ1n) is 5.42. The number of amides is 2. The van der Waals surface area contributed by atoms with Crippen LogP contribution in [0.2, 0.25) is 0 Å². The molecule has 1 aromatic carbocycles. The molecule has 5 nitrogen and oxygen atoms in total. The summed E-state index contributed by atoms with van der Waals surface area (Å²) in [6.45, 7) is 0. The van der Waals surface area contributed by atoms with Crippen molar-refractivity contribution in [3.05, 3.63) is 35.4 Å². The number of carbonyl (C=O) groups is 3. The van der Waals surface area contributed by atoms with Gasteiger partial charge in [-0.2, -0.15) is 0 Å². The summed E-state index contributed by atoms with van der Waals surface area (Å²) in [6.07, 6.45) is 0.755. The Labute approximate surface area is 109 Å². The Morgan fingerprint density at radius 1 is 1.28 bits per heavy atom. The van der Waals surface area contributed by atoms with Crippen LogP contribution in [-0.4, -0.2) is 41.2 Å². The smallest absolute Gasteiger partial charge is 0.271 e. The van der Waals surface area contributed by atoms with Gasteiger partial charge in [-0.3, -0.25) is 9.59 Å². The van der Waals surface area contributed by atoms with Gasteiger partial charge in [0.25, 0.3) is 11.8 Å². The summed E-state index contributed by atoms with van der Waals surface area (Å²) >= 11 is 1.05. The SMILES string of the molecule is CN[C@@H](C=O)CSN1C(=O)c2ccccc2C1=O. The minimum absolute atomic E-state index is 0.318. The van der Waals surface area contributed by atoms with Crippen LogP contribution in [0.25, 0.3) is 0 Å². The van der Waals surface area contributed by atoms with Gasteiger partial charge in [-0.1, -0.05) is 12.1 Å². The van der Waals surface area contributed by atoms with E-state index in [4.69, 9.17) is 0 Å². The Morgan fingerprint density at radius 3 is 2.28 bits per heavy atom. The van der Waals surface area contributed by atoms with E-state index >= 15 is 0 Å². The van der Waals surface area contributed by atoms with Crippen LogP contribution in [0.1, 0.15) is 20.7 Å². The lowest BCUT2D eigenvalue weighted by atomic mass is 10.1. The molecule has 18 heavy (non-hydrogen) atoms. The van der Waals surface area contributed by atoms with Gasteiger partial charge in [-0.05, 0) is 31.1 Å². The Morgan fingerprint density at radius 2 is 1.83 bits per heavy atom. The van der Waals surface area contributed by atoms with Crippen LogP contribution in [-0.2, 0) is 4.79 Å². The van der Waals surface area contributed by atoms with Gasteiger partial charge in [-0.15, -0.1) is 0 Å². The van der Waals surface area contributed by atoms with Gasteiger partial charge in [-0.25, -0.2) is 4.31 Å². The maximum atomic E-state index is 12.0. The summed E-state index contributed by atoms with van der Waals surface area (Å²) in [4.78, 5) is 34.6. The lowest BCUT2D eigenvalue weighted by Gasteiger charge is -2.14. The van der Waals surface area contributed by atoms with Gasteiger partial charge in [0.15, 0.2) is 0 Å². The molecule has 0 fully saturated rings. The summed E-state index contributed by atoms with van der Waals surface area (Å²) in [5.41, 5.74) is 0.837. The van der Waals surface area contributed by atoms with Crippen LogP contribution in [0, 0.1) is 0 Å². The van der Waals surface area contributed by atoms with Crippen LogP contribution in [0.3, 0.4) is 0 Å². The highest BCUT2D eigenvalue weighted by Gasteiger charge is 2.35. The molecule has 0 bridgehead atoms. The van der Waals surface area contributed by atoms with Gasteiger partial charge in [0.1, 0.15) is 6.29 Å². The first-order valence-corrected chi connectivity index (χ1v) is 6.36. The molecule has 0 saturated heterocycles. The predicted molar refractivity (Wildman–Crippen MR) is 68.3 cm³/mol. The minimum atomic E-state index is -0.376. The second kappa shape index (κ2) is 5.32. The second-order valence-corrected chi connectivity index (χ2v) is 4.73. The normalized spacial score (nSPS) is 15.7. The van der Waals surface area contributed by atoms with E-state index in [1.165, 1.54) is 0 Å². The molecule has 0 unspecified atom stereocenters. The molecule has 1 heterocycles. The van der Waals surface area contributed by atoms with Gasteiger partial charge < -0.3 is 10.1 Å². The summed E-state index contributed by atoms with van der Waals surface area (Å²) in [6, 6.07) is 6.33. The van der Waals surface area contributed by atoms with Crippen molar-refractivity contribution in [1.82, 2.24) is 9.62 Å². The maximum absolute atomic E-state index is 12.0. The molecule has 0 radical (unpaired) electrons. The van der Waals surface area contributed by atoms with Crippen molar-refractivity contribution in [1.29, 1.82) is 0 Å². The Kier molecular flexibility index (Phi) is 3.78. The fourth-order valence-electron chi connectivity index (χ4n) is 1.63. The third-order valence-electron chi connectivity index (χ3n) is 2.68. The lowest BCUT2D eigenvalue weighted by molar-refractivity contribution is -0.109. The van der Waals surface area contributed by atoms with Crippen molar-refractivity contribution in [2.75, 3.05) is 12.8 Å². The van der Waals surface area contributed by atoms with Crippen molar-refractivity contribution in [3.63, 3.8) is 0 Å². The van der Waals surface area contributed by atoms with Crippen molar-refractivity contribution in [2.24, 2.45) is 0 Å². The molecule has 0 aliphatic carbocycles. The number of nitrogens with zero attached hydrogens (tertiary/aromatic N) is 1. The monoisotopic (exact) mass is 264 g/mol. The van der Waals surface area contributed by atoms with Crippen LogP contribution < -0.4 is 5.32 Å². The number of carbonyl (C=O) groups excluding carboxylic acids is 3. The number of imide groups is 1. The molecule has 1 aliphatic rings. The Balaban J connectivity index is 2.11. The quantitative estimate of drug-likeness (QED) is 0.482. The highest BCUT2D eigenvalue weighted by Crippen LogP contribution is 2.28. The first kappa shape index (κ1) is 12.8. The summed E-state index contributed by atoms with van der Waals surface area (Å²) in [7, 11) is 1.65. The Bertz CT molecular complexity index is 469. The van der Waals surface area contributed by atoms with Gasteiger partial charge in [0.05, 0.1) is 17.2 Å². The number of aldehydes is 1. The van der Waals surface area contributed by atoms with Crippen molar-refractivity contribution in [3.8, 4) is 0 Å². The third kappa shape index (κ3) is 2.16. The lowest BCUT2D eigenvalue weighted by Crippen LogP contribution is -2.32. The van der Waals surface area contributed by atoms with E-state index in [0.717, 1.165) is 22.5 Å². The zero-order valence-corrected chi connectivity index (χ0v) is 10.6. The van der Waals surface area contributed by atoms with Crippen molar-refractivity contribution in [2.45, 2.75) is 6.04 Å². The van der Waals surface area contributed by atoms with Gasteiger partial charge in [0.2, 0.25) is 0 Å². The molecule has 1 aliphatic heterocycles. The number of likely N-dealkylation sites (N-methyl/N-ethyl adjacent to an activating group) is 1. The fourth-order valence-corrected chi connectivity index (χ4v) is 2.62. The molecule has 1 atom stereocenters. The predicted octanol–water partition coefficient (Wildman–Crippen LogP) is 0.718. The van der Waals surface area contributed by atoms with E-state index in [1.54, 1.807) is 31.3 Å². The molecule has 1 aromatic rings. The largest absolute Gasteiger partial charge is 0.310 e. The number of hydrogen-bond acceptors (Lipinski definition) is 5. The van der Waals surface area contributed by atoms with Crippen LogP contribution in [0.15, 0.2) is 24.3 Å². The number of nitrogens with one attached hydrogen (secondary N) is 1. The van der Waals surface area contributed by atoms with Crippen LogP contribution in [0.4, 0.5) is 0 Å². The standard InChI is InChI=1S/C12H12N2O3S/c1-13-8(6-15)7-18-14-11(16)9-4-2-3-5-10(9)12(14)17/h2-6,8,13H,7H2,1H3/t8-/m0/s1. The molecule has 0 aromatic heterocycles. The van der Waals surface area contributed by atoms with E-state index in [2.05, 4.69) is 5.32 Å². The van der Waals surface area contributed by atoms with E-state index in [0.29, 0.717) is 16.9 Å². The number of fused-ring (bicyclic) bond motifs is 1. The average molecular weight is 264 g/mol. The molecule has 2 rings (SSSR count). The molecule has 0 spiro atoms. The van der Waals surface area contributed by atoms with E-state index in [-0.39, 0.29) is 17.9 Å². The fraction of sp³-hybridized carbons (Fsp3) is 0.250. The van der Waals surface area contributed by atoms with E-state index in [1.807, 2.05) is 0 Å². The molecule has 0 saturated carbocycles. The number of hydrogen-bond donors (Lipinski definition) is 1. The van der Waals surface area contributed by atoms with E-state index in [9.17, 15) is 14.4 Å². The van der Waals surface area contributed by atoms with E-state index < -0.39 is 0 Å². The molecule has 94 valence electrons. The van der Waals surface area contributed by atoms with Gasteiger partial charge >= 0.3 is 0 Å². The molecule has 6 heteroatoms. The maximum Gasteiger partial charge on any atom is 0.271 e. The molecular weight excluding hydrogens is 252 g/mol. The van der Waals surface area contributed by atoms with Crippen molar-refractivity contribution < 1.29 is 14.4 Å².